The van der Waals surface area contributed by atoms with Crippen LogP contribution in [-0.2, 0) is 0 Å². The van der Waals surface area contributed by atoms with Gasteiger partial charge in [-0.15, -0.1) is 11.8 Å². The lowest BCUT2D eigenvalue weighted by molar-refractivity contribution is 0.102. The molecule has 3 nitrogen and oxygen atoms in total. The standard InChI is InChI=1S/C14H12F2N2OS/c1-20-11-5-3-2-4-8(11)14(19)18-13-10(17)7-6-9(15)12(13)16/h2-7H,17H2,1H3,(H,18,19). The van der Waals surface area contributed by atoms with Crippen LogP contribution in [0.4, 0.5) is 20.2 Å². The first-order chi connectivity index (χ1) is 9.54. The fourth-order valence-corrected chi connectivity index (χ4v) is 2.30. The van der Waals surface area contributed by atoms with E-state index in [2.05, 4.69) is 5.32 Å². The van der Waals surface area contributed by atoms with Gasteiger partial charge in [-0.1, -0.05) is 12.1 Å². The third kappa shape index (κ3) is 2.75. The maximum Gasteiger partial charge on any atom is 0.256 e. The normalized spacial score (nSPS) is 10.3. The number of nitrogens with two attached hydrogens (primary N) is 1. The summed E-state index contributed by atoms with van der Waals surface area (Å²) in [6.07, 6.45) is 1.82. The molecule has 2 aromatic rings. The number of halogens is 2. The number of rotatable bonds is 3. The SMILES string of the molecule is CSc1ccccc1C(=O)Nc1c(N)ccc(F)c1F. The highest BCUT2D eigenvalue weighted by molar-refractivity contribution is 7.98. The molecule has 0 saturated heterocycles. The summed E-state index contributed by atoms with van der Waals surface area (Å²) < 4.78 is 26.8. The van der Waals surface area contributed by atoms with Gasteiger partial charge in [0.15, 0.2) is 11.6 Å². The van der Waals surface area contributed by atoms with E-state index in [4.69, 9.17) is 5.73 Å². The molecule has 0 saturated carbocycles. The largest absolute Gasteiger partial charge is 0.397 e. The second-order valence-electron chi connectivity index (χ2n) is 3.98. The summed E-state index contributed by atoms with van der Waals surface area (Å²) in [7, 11) is 0. The zero-order valence-corrected chi connectivity index (χ0v) is 11.4. The molecule has 6 heteroatoms. The van der Waals surface area contributed by atoms with Crippen LogP contribution in [-0.4, -0.2) is 12.2 Å². The fourth-order valence-electron chi connectivity index (χ4n) is 1.71. The van der Waals surface area contributed by atoms with Crippen molar-refractivity contribution in [2.45, 2.75) is 4.90 Å². The minimum atomic E-state index is -1.17. The molecule has 0 unspecified atom stereocenters. The summed E-state index contributed by atoms with van der Waals surface area (Å²) in [5, 5.41) is 2.32. The smallest absolute Gasteiger partial charge is 0.256 e. The van der Waals surface area contributed by atoms with E-state index in [-0.39, 0.29) is 11.4 Å². The number of carbonyl (C=O) groups excluding carboxylic acids is 1. The molecule has 0 aromatic heterocycles. The highest BCUT2D eigenvalue weighted by atomic mass is 32.2. The van der Waals surface area contributed by atoms with Crippen LogP contribution >= 0.6 is 11.8 Å². The molecule has 1 amide bonds. The molecule has 2 rings (SSSR count). The quantitative estimate of drug-likeness (QED) is 0.672. The Kier molecular flexibility index (Phi) is 4.24. The van der Waals surface area contributed by atoms with Gasteiger partial charge in [-0.3, -0.25) is 4.79 Å². The van der Waals surface area contributed by atoms with E-state index in [1.54, 1.807) is 24.3 Å². The zero-order chi connectivity index (χ0) is 14.7. The Labute approximate surface area is 119 Å². The van der Waals surface area contributed by atoms with Crippen LogP contribution in [0.15, 0.2) is 41.3 Å². The van der Waals surface area contributed by atoms with Crippen LogP contribution in [0.2, 0.25) is 0 Å². The van der Waals surface area contributed by atoms with E-state index in [1.165, 1.54) is 17.8 Å². The lowest BCUT2D eigenvalue weighted by Gasteiger charge is -2.11. The lowest BCUT2D eigenvalue weighted by Crippen LogP contribution is -2.16. The van der Waals surface area contributed by atoms with Crippen molar-refractivity contribution in [1.82, 2.24) is 0 Å². The third-order valence-electron chi connectivity index (χ3n) is 2.72. The molecule has 0 atom stereocenters. The summed E-state index contributed by atoms with van der Waals surface area (Å²) in [6.45, 7) is 0. The first-order valence-electron chi connectivity index (χ1n) is 5.72. The number of anilines is 2. The Morgan fingerprint density at radius 2 is 1.90 bits per heavy atom. The van der Waals surface area contributed by atoms with Crippen molar-refractivity contribution < 1.29 is 13.6 Å². The monoisotopic (exact) mass is 294 g/mol. The van der Waals surface area contributed by atoms with Crippen LogP contribution in [0.5, 0.6) is 0 Å². The van der Waals surface area contributed by atoms with E-state index in [0.29, 0.717) is 5.56 Å². The van der Waals surface area contributed by atoms with Crippen LogP contribution in [0, 0.1) is 11.6 Å². The molecule has 0 aliphatic carbocycles. The van der Waals surface area contributed by atoms with Gasteiger partial charge in [-0.2, -0.15) is 0 Å². The maximum atomic E-state index is 13.6. The molecule has 0 aliphatic rings. The number of hydrogen-bond acceptors (Lipinski definition) is 3. The minimum absolute atomic E-state index is 0.0288. The molecule has 3 N–H and O–H groups in total. The molecule has 0 bridgehead atoms. The number of benzene rings is 2. The summed E-state index contributed by atoms with van der Waals surface area (Å²) in [4.78, 5) is 12.9. The van der Waals surface area contributed by atoms with Crippen molar-refractivity contribution in [3.63, 3.8) is 0 Å². The summed E-state index contributed by atoms with van der Waals surface area (Å²) in [5.41, 5.74) is 5.57. The van der Waals surface area contributed by atoms with Crippen molar-refractivity contribution >= 4 is 29.0 Å². The number of carbonyl (C=O) groups is 1. The van der Waals surface area contributed by atoms with E-state index < -0.39 is 17.5 Å². The number of nitrogens with one attached hydrogen (secondary N) is 1. The van der Waals surface area contributed by atoms with Crippen molar-refractivity contribution in [1.29, 1.82) is 0 Å². The average Bonchev–Trinajstić information content (AvgIpc) is 2.47. The Morgan fingerprint density at radius 3 is 2.60 bits per heavy atom. The number of nitrogen functional groups attached to an aromatic ring is 1. The van der Waals surface area contributed by atoms with Gasteiger partial charge >= 0.3 is 0 Å². The maximum absolute atomic E-state index is 13.6. The number of hydrogen-bond donors (Lipinski definition) is 2. The van der Waals surface area contributed by atoms with Gasteiger partial charge in [0.25, 0.3) is 5.91 Å². The van der Waals surface area contributed by atoms with Crippen LogP contribution in [0.3, 0.4) is 0 Å². The third-order valence-corrected chi connectivity index (χ3v) is 3.51. The van der Waals surface area contributed by atoms with E-state index in [9.17, 15) is 13.6 Å². The van der Waals surface area contributed by atoms with E-state index in [0.717, 1.165) is 11.0 Å². The average molecular weight is 294 g/mol. The summed E-state index contributed by atoms with van der Waals surface area (Å²) in [6, 6.07) is 8.98. The fraction of sp³-hybridized carbons (Fsp3) is 0.0714. The Morgan fingerprint density at radius 1 is 1.20 bits per heavy atom. The minimum Gasteiger partial charge on any atom is -0.397 e. The van der Waals surface area contributed by atoms with Crippen molar-refractivity contribution in [2.24, 2.45) is 0 Å². The van der Waals surface area contributed by atoms with E-state index in [1.807, 2.05) is 6.26 Å². The molecular formula is C14H12F2N2OS. The Hall–Kier alpha value is -2.08. The molecule has 0 spiro atoms. The van der Waals surface area contributed by atoms with Crippen molar-refractivity contribution in [3.8, 4) is 0 Å². The predicted molar refractivity (Wildman–Crippen MR) is 76.9 cm³/mol. The first kappa shape index (κ1) is 14.3. The van der Waals surface area contributed by atoms with Gasteiger partial charge in [0.2, 0.25) is 0 Å². The lowest BCUT2D eigenvalue weighted by atomic mass is 10.2. The first-order valence-corrected chi connectivity index (χ1v) is 6.95. The molecule has 104 valence electrons. The number of thioether (sulfide) groups is 1. The van der Waals surface area contributed by atoms with Gasteiger partial charge in [-0.05, 0) is 30.5 Å². The van der Waals surface area contributed by atoms with Gasteiger partial charge in [0, 0.05) is 4.90 Å². The van der Waals surface area contributed by atoms with Crippen LogP contribution in [0.1, 0.15) is 10.4 Å². The molecule has 0 aliphatic heterocycles. The van der Waals surface area contributed by atoms with Gasteiger partial charge in [-0.25, -0.2) is 8.78 Å². The summed E-state index contributed by atoms with van der Waals surface area (Å²) >= 11 is 1.39. The van der Waals surface area contributed by atoms with Crippen LogP contribution in [0.25, 0.3) is 0 Å². The second kappa shape index (κ2) is 5.92. The number of amides is 1. The molecule has 0 heterocycles. The van der Waals surface area contributed by atoms with Crippen molar-refractivity contribution in [2.75, 3.05) is 17.3 Å². The van der Waals surface area contributed by atoms with E-state index >= 15 is 0 Å². The predicted octanol–water partition coefficient (Wildman–Crippen LogP) is 3.52. The van der Waals surface area contributed by atoms with Gasteiger partial charge in [0.05, 0.1) is 11.3 Å². The molecular weight excluding hydrogens is 282 g/mol. The van der Waals surface area contributed by atoms with Crippen LogP contribution < -0.4 is 11.1 Å². The van der Waals surface area contributed by atoms with Gasteiger partial charge in [0.1, 0.15) is 5.69 Å². The highest BCUT2D eigenvalue weighted by Gasteiger charge is 2.17. The molecule has 0 fully saturated rings. The Bertz CT molecular complexity index is 662. The topological polar surface area (TPSA) is 55.1 Å². The molecule has 20 heavy (non-hydrogen) atoms. The zero-order valence-electron chi connectivity index (χ0n) is 10.6. The second-order valence-corrected chi connectivity index (χ2v) is 4.83. The van der Waals surface area contributed by atoms with Gasteiger partial charge < -0.3 is 11.1 Å². The van der Waals surface area contributed by atoms with Crippen molar-refractivity contribution in [3.05, 3.63) is 53.6 Å². The summed E-state index contributed by atoms with van der Waals surface area (Å²) in [5.74, 6) is -2.77. The highest BCUT2D eigenvalue weighted by Crippen LogP contribution is 2.26. The Balaban J connectivity index is 2.35. The molecule has 2 aromatic carbocycles. The molecule has 0 radical (unpaired) electrons.